The van der Waals surface area contributed by atoms with Gasteiger partial charge in [-0.05, 0) is 54.3 Å². The first-order chi connectivity index (χ1) is 12.0. The number of benzene rings is 1. The molecular formula is C19H19FN2O3. The maximum Gasteiger partial charge on any atom is 0.328 e. The van der Waals surface area contributed by atoms with E-state index in [9.17, 15) is 14.0 Å². The number of rotatable bonds is 5. The Kier molecular flexibility index (Phi) is 5.07. The molecule has 1 N–H and O–H groups in total. The zero-order chi connectivity index (χ0) is 17.8. The summed E-state index contributed by atoms with van der Waals surface area (Å²) in [6, 6.07) is 8.08. The van der Waals surface area contributed by atoms with Gasteiger partial charge in [-0.3, -0.25) is 9.78 Å². The van der Waals surface area contributed by atoms with Gasteiger partial charge in [-0.2, -0.15) is 0 Å². The summed E-state index contributed by atoms with van der Waals surface area (Å²) < 4.78 is 18.9. The minimum Gasteiger partial charge on any atom is -0.464 e. The van der Waals surface area contributed by atoms with Crippen LogP contribution in [0.25, 0.3) is 11.1 Å². The van der Waals surface area contributed by atoms with Gasteiger partial charge >= 0.3 is 5.97 Å². The standard InChI is InChI=1S/C19H19FN2O3/c1-12-10-14(6-8-21-12)13-2-4-16(20)15(11-13)3-5-18(23)22-17-7-9-25-19(17)24/h2,4,6,8,10-11,17H,3,5,7,9H2,1H3,(H,22,23)/t17-/m1/s1. The van der Waals surface area contributed by atoms with E-state index in [0.717, 1.165) is 16.8 Å². The molecule has 1 aliphatic heterocycles. The fourth-order valence-corrected chi connectivity index (χ4v) is 2.81. The number of halogens is 1. The van der Waals surface area contributed by atoms with Crippen LogP contribution in [0.15, 0.2) is 36.5 Å². The molecular weight excluding hydrogens is 323 g/mol. The number of nitrogens with zero attached hydrogens (tertiary/aromatic N) is 1. The van der Waals surface area contributed by atoms with E-state index in [4.69, 9.17) is 4.74 Å². The number of aryl methyl sites for hydroxylation is 2. The Morgan fingerprint density at radius 2 is 2.12 bits per heavy atom. The number of hydrogen-bond donors (Lipinski definition) is 1. The smallest absolute Gasteiger partial charge is 0.328 e. The normalized spacial score (nSPS) is 16.6. The Hall–Kier alpha value is -2.76. The molecule has 1 aromatic heterocycles. The van der Waals surface area contributed by atoms with Crippen molar-refractivity contribution in [1.29, 1.82) is 0 Å². The lowest BCUT2D eigenvalue weighted by molar-refractivity contribution is -0.141. The van der Waals surface area contributed by atoms with Gasteiger partial charge in [0.25, 0.3) is 0 Å². The summed E-state index contributed by atoms with van der Waals surface area (Å²) in [6.45, 7) is 2.22. The fourth-order valence-electron chi connectivity index (χ4n) is 2.81. The van der Waals surface area contributed by atoms with Gasteiger partial charge < -0.3 is 10.1 Å². The number of aromatic nitrogens is 1. The third kappa shape index (κ3) is 4.21. The molecule has 2 heterocycles. The van der Waals surface area contributed by atoms with Crippen LogP contribution in [0.4, 0.5) is 4.39 Å². The van der Waals surface area contributed by atoms with Gasteiger partial charge in [-0.15, -0.1) is 0 Å². The molecule has 2 aromatic rings. The van der Waals surface area contributed by atoms with E-state index in [2.05, 4.69) is 10.3 Å². The van der Waals surface area contributed by atoms with Crippen LogP contribution in [0, 0.1) is 12.7 Å². The molecule has 1 atom stereocenters. The monoisotopic (exact) mass is 342 g/mol. The van der Waals surface area contributed by atoms with E-state index >= 15 is 0 Å². The number of amides is 1. The summed E-state index contributed by atoms with van der Waals surface area (Å²) in [5, 5.41) is 2.63. The minimum absolute atomic E-state index is 0.111. The maximum absolute atomic E-state index is 14.1. The van der Waals surface area contributed by atoms with E-state index in [1.807, 2.05) is 19.1 Å². The lowest BCUT2D eigenvalue weighted by Crippen LogP contribution is -2.38. The quantitative estimate of drug-likeness (QED) is 0.848. The SMILES string of the molecule is Cc1cc(-c2ccc(F)c(CCC(=O)N[C@@H]3CCOC3=O)c2)ccn1. The first kappa shape index (κ1) is 17.1. The summed E-state index contributed by atoms with van der Waals surface area (Å²) in [4.78, 5) is 27.5. The lowest BCUT2D eigenvalue weighted by Gasteiger charge is -2.10. The summed E-state index contributed by atoms with van der Waals surface area (Å²) in [5.74, 6) is -1.04. The Morgan fingerprint density at radius 3 is 2.84 bits per heavy atom. The number of esters is 1. The summed E-state index contributed by atoms with van der Waals surface area (Å²) in [5.41, 5.74) is 3.18. The van der Waals surface area contributed by atoms with Crippen molar-refractivity contribution in [3.63, 3.8) is 0 Å². The summed E-state index contributed by atoms with van der Waals surface area (Å²) in [6.07, 6.45) is 2.56. The van der Waals surface area contributed by atoms with Crippen LogP contribution in [-0.2, 0) is 20.7 Å². The zero-order valence-electron chi connectivity index (χ0n) is 13.9. The van der Waals surface area contributed by atoms with E-state index < -0.39 is 12.0 Å². The van der Waals surface area contributed by atoms with Crippen molar-refractivity contribution >= 4 is 11.9 Å². The van der Waals surface area contributed by atoms with Crippen molar-refractivity contribution in [1.82, 2.24) is 10.3 Å². The maximum atomic E-state index is 14.1. The van der Waals surface area contributed by atoms with Crippen molar-refractivity contribution < 1.29 is 18.7 Å². The molecule has 3 rings (SSSR count). The van der Waals surface area contributed by atoms with E-state index in [1.165, 1.54) is 6.07 Å². The molecule has 25 heavy (non-hydrogen) atoms. The number of nitrogens with one attached hydrogen (secondary N) is 1. The highest BCUT2D eigenvalue weighted by atomic mass is 19.1. The largest absolute Gasteiger partial charge is 0.464 e. The third-order valence-electron chi connectivity index (χ3n) is 4.17. The molecule has 1 amide bonds. The Balaban J connectivity index is 1.66. The highest BCUT2D eigenvalue weighted by Gasteiger charge is 2.27. The van der Waals surface area contributed by atoms with Crippen LogP contribution in [0.1, 0.15) is 24.1 Å². The van der Waals surface area contributed by atoms with Crippen LogP contribution in [0.5, 0.6) is 0 Å². The minimum atomic E-state index is -0.580. The molecule has 1 saturated heterocycles. The fraction of sp³-hybridized carbons (Fsp3) is 0.316. The average Bonchev–Trinajstić information content (AvgIpc) is 2.99. The highest BCUT2D eigenvalue weighted by Crippen LogP contribution is 2.23. The predicted molar refractivity (Wildman–Crippen MR) is 90.2 cm³/mol. The molecule has 0 saturated carbocycles. The molecule has 1 aromatic carbocycles. The molecule has 0 aliphatic carbocycles. The molecule has 0 radical (unpaired) electrons. The number of cyclic esters (lactones) is 1. The van der Waals surface area contributed by atoms with Gasteiger partial charge in [0.2, 0.25) is 5.91 Å². The van der Waals surface area contributed by atoms with Crippen LogP contribution in [-0.4, -0.2) is 29.5 Å². The molecule has 130 valence electrons. The number of hydrogen-bond acceptors (Lipinski definition) is 4. The summed E-state index contributed by atoms with van der Waals surface area (Å²) in [7, 11) is 0. The second-order valence-corrected chi connectivity index (χ2v) is 6.07. The van der Waals surface area contributed by atoms with Gasteiger partial charge in [0.05, 0.1) is 6.61 Å². The second kappa shape index (κ2) is 7.42. The van der Waals surface area contributed by atoms with Crippen molar-refractivity contribution in [2.24, 2.45) is 0 Å². The van der Waals surface area contributed by atoms with Crippen molar-refractivity contribution in [2.75, 3.05) is 6.61 Å². The molecule has 6 heteroatoms. The first-order valence-electron chi connectivity index (χ1n) is 8.20. The zero-order valence-corrected chi connectivity index (χ0v) is 13.9. The van der Waals surface area contributed by atoms with Crippen molar-refractivity contribution in [3.8, 4) is 11.1 Å². The topological polar surface area (TPSA) is 68.3 Å². The molecule has 0 unspecified atom stereocenters. The highest BCUT2D eigenvalue weighted by molar-refractivity contribution is 5.85. The van der Waals surface area contributed by atoms with Crippen molar-refractivity contribution in [2.45, 2.75) is 32.2 Å². The van der Waals surface area contributed by atoms with Gasteiger partial charge in [0, 0.05) is 24.7 Å². The Labute approximate surface area is 145 Å². The summed E-state index contributed by atoms with van der Waals surface area (Å²) >= 11 is 0. The first-order valence-corrected chi connectivity index (χ1v) is 8.20. The second-order valence-electron chi connectivity index (χ2n) is 6.07. The number of carbonyl (C=O) groups excluding carboxylic acids is 2. The average molecular weight is 342 g/mol. The predicted octanol–water partition coefficient (Wildman–Crippen LogP) is 2.56. The Bertz CT molecular complexity index is 807. The van der Waals surface area contributed by atoms with E-state index in [-0.39, 0.29) is 24.6 Å². The van der Waals surface area contributed by atoms with Crippen LogP contribution < -0.4 is 5.32 Å². The number of ether oxygens (including phenoxy) is 1. The van der Waals surface area contributed by atoms with Gasteiger partial charge in [-0.25, -0.2) is 9.18 Å². The third-order valence-corrected chi connectivity index (χ3v) is 4.17. The van der Waals surface area contributed by atoms with E-state index in [1.54, 1.807) is 18.3 Å². The lowest BCUT2D eigenvalue weighted by atomic mass is 10.0. The molecule has 1 aliphatic rings. The van der Waals surface area contributed by atoms with Crippen LogP contribution >= 0.6 is 0 Å². The molecule has 0 spiro atoms. The van der Waals surface area contributed by atoms with Crippen LogP contribution in [0.2, 0.25) is 0 Å². The Morgan fingerprint density at radius 1 is 1.32 bits per heavy atom. The van der Waals surface area contributed by atoms with Crippen LogP contribution in [0.3, 0.4) is 0 Å². The molecule has 5 nitrogen and oxygen atoms in total. The van der Waals surface area contributed by atoms with E-state index in [0.29, 0.717) is 18.6 Å². The van der Waals surface area contributed by atoms with Gasteiger partial charge in [-0.1, -0.05) is 6.07 Å². The van der Waals surface area contributed by atoms with Gasteiger partial charge in [0.15, 0.2) is 0 Å². The number of carbonyl (C=O) groups is 2. The van der Waals surface area contributed by atoms with Gasteiger partial charge in [0.1, 0.15) is 11.9 Å². The number of pyridine rings is 1. The molecule has 0 bridgehead atoms. The molecule has 1 fully saturated rings. The van der Waals surface area contributed by atoms with Crippen molar-refractivity contribution in [3.05, 3.63) is 53.6 Å².